The van der Waals surface area contributed by atoms with Crippen LogP contribution in [0.5, 0.6) is 0 Å². The lowest BCUT2D eigenvalue weighted by atomic mass is 9.97. The molecule has 280 valence electrons. The summed E-state index contributed by atoms with van der Waals surface area (Å²) < 4.78 is 15.9. The Morgan fingerprint density at radius 3 is 1.90 bits per heavy atom. The molecule has 0 bridgehead atoms. The molecule has 0 amide bonds. The third kappa shape index (κ3) is 5.01. The third-order valence-corrected chi connectivity index (χ3v) is 13.4. The molecule has 0 fully saturated rings. The average molecular weight is 784 g/mol. The highest BCUT2D eigenvalue weighted by atomic mass is 32.1. The molecule has 0 aliphatic carbocycles. The van der Waals surface area contributed by atoms with Crippen LogP contribution in [0.4, 0.5) is 17.1 Å². The molecule has 0 N–H and O–H groups in total. The average Bonchev–Trinajstić information content (AvgIpc) is 4.01. The number of anilines is 3. The molecule has 60 heavy (non-hydrogen) atoms. The normalized spacial score (nSPS) is 12.0. The highest BCUT2D eigenvalue weighted by Gasteiger charge is 2.21. The van der Waals surface area contributed by atoms with Crippen molar-refractivity contribution in [2.24, 2.45) is 0 Å². The van der Waals surface area contributed by atoms with Gasteiger partial charge in [0.15, 0.2) is 0 Å². The van der Waals surface area contributed by atoms with Crippen LogP contribution in [0, 0.1) is 0 Å². The Morgan fingerprint density at radius 1 is 0.333 bits per heavy atom. The van der Waals surface area contributed by atoms with Crippen LogP contribution in [0.1, 0.15) is 0 Å². The van der Waals surface area contributed by atoms with Crippen molar-refractivity contribution in [2.45, 2.75) is 0 Å². The van der Waals surface area contributed by atoms with Gasteiger partial charge in [-0.15, -0.1) is 11.3 Å². The molecule has 4 heteroatoms. The fraction of sp³-hybridized carbons (Fsp3) is 0. The van der Waals surface area contributed by atoms with Crippen molar-refractivity contribution in [3.63, 3.8) is 0 Å². The zero-order chi connectivity index (χ0) is 39.3. The third-order valence-electron chi connectivity index (χ3n) is 12.2. The van der Waals surface area contributed by atoms with Gasteiger partial charge in [0.2, 0.25) is 0 Å². The molecular weight excluding hydrogens is 751 g/mol. The first-order valence-electron chi connectivity index (χ1n) is 20.3. The molecule has 10 aromatic carbocycles. The van der Waals surface area contributed by atoms with Gasteiger partial charge >= 0.3 is 0 Å². The molecule has 0 unspecified atom stereocenters. The molecule has 13 aromatic rings. The highest BCUT2D eigenvalue weighted by molar-refractivity contribution is 7.26. The summed E-state index contributed by atoms with van der Waals surface area (Å²) in [7, 11) is 0. The number of nitrogens with zero attached hydrogens (tertiary/aromatic N) is 1. The molecule has 0 aliphatic rings. The molecule has 0 spiro atoms. The van der Waals surface area contributed by atoms with E-state index in [4.69, 9.17) is 8.83 Å². The second kappa shape index (κ2) is 12.9. The Labute approximate surface area is 348 Å². The van der Waals surface area contributed by atoms with E-state index in [0.717, 1.165) is 66.7 Å². The van der Waals surface area contributed by atoms with Crippen LogP contribution in [0.25, 0.3) is 108 Å². The lowest BCUT2D eigenvalue weighted by Gasteiger charge is -2.26. The van der Waals surface area contributed by atoms with Crippen molar-refractivity contribution in [2.75, 3.05) is 4.90 Å². The van der Waals surface area contributed by atoms with Crippen molar-refractivity contribution in [3.05, 3.63) is 200 Å². The summed E-state index contributed by atoms with van der Waals surface area (Å²) in [4.78, 5) is 2.35. The smallest absolute Gasteiger partial charge is 0.143 e. The predicted molar refractivity (Wildman–Crippen MR) is 254 cm³/mol. The summed E-state index contributed by atoms with van der Waals surface area (Å²) in [6.07, 6.45) is 0. The van der Waals surface area contributed by atoms with E-state index in [-0.39, 0.29) is 0 Å². The van der Waals surface area contributed by atoms with Crippen molar-refractivity contribution >= 4 is 114 Å². The topological polar surface area (TPSA) is 29.5 Å². The number of para-hydroxylation sites is 1. The van der Waals surface area contributed by atoms with E-state index >= 15 is 0 Å². The monoisotopic (exact) mass is 783 g/mol. The minimum absolute atomic E-state index is 0.870. The summed E-state index contributed by atoms with van der Waals surface area (Å²) in [5, 5.41) is 12.0. The number of hydrogen-bond donors (Lipinski definition) is 0. The minimum atomic E-state index is 0.870. The number of rotatable bonds is 5. The Hall–Kier alpha value is -7.66. The summed E-state index contributed by atoms with van der Waals surface area (Å²) in [6, 6.07) is 71.8. The summed E-state index contributed by atoms with van der Waals surface area (Å²) in [6.45, 7) is 0. The van der Waals surface area contributed by atoms with Gasteiger partial charge in [-0.2, -0.15) is 0 Å². The Balaban J connectivity index is 1.01. The SMILES string of the molecule is c1ccc(-c2ccc(N(c3cccc(-c4cccc5c4oc4ccc6ccc7sc8ccccc8c7c6c45)c3)c3ccc4oc5ccc6ccccc6c5c4c3)cc2)cc1. The summed E-state index contributed by atoms with van der Waals surface area (Å²) in [5.41, 5.74) is 11.2. The number of benzene rings is 10. The highest BCUT2D eigenvalue weighted by Crippen LogP contribution is 2.47. The lowest BCUT2D eigenvalue weighted by Crippen LogP contribution is -2.10. The standard InChI is InChI=1S/C56H33NO2S/c1-2-10-34(11-3-1)35-20-25-39(26-21-35)57(41-27-30-47-46(33-41)53-42-15-5-4-12-36(42)22-28-48(53)58-47)40-14-8-13-38(32-40)43-17-9-18-45-54-49(59-56(43)45)29-23-37-24-31-51-55(52(37)54)44-16-6-7-19-50(44)60-51/h1-33H. The van der Waals surface area contributed by atoms with Crippen LogP contribution in [-0.4, -0.2) is 0 Å². The molecule has 0 saturated heterocycles. The minimum Gasteiger partial charge on any atom is -0.456 e. The number of furan rings is 2. The van der Waals surface area contributed by atoms with Gasteiger partial charge in [0.05, 0.1) is 0 Å². The van der Waals surface area contributed by atoms with E-state index in [1.165, 1.54) is 58.2 Å². The van der Waals surface area contributed by atoms with Crippen LogP contribution >= 0.6 is 11.3 Å². The molecule has 13 rings (SSSR count). The van der Waals surface area contributed by atoms with Crippen LogP contribution in [-0.2, 0) is 0 Å². The van der Waals surface area contributed by atoms with Gasteiger partial charge in [0.25, 0.3) is 0 Å². The van der Waals surface area contributed by atoms with Crippen molar-refractivity contribution < 1.29 is 8.83 Å². The Bertz CT molecular complexity index is 3840. The van der Waals surface area contributed by atoms with Gasteiger partial charge in [0, 0.05) is 69.7 Å². The maximum Gasteiger partial charge on any atom is 0.143 e. The maximum atomic E-state index is 6.90. The van der Waals surface area contributed by atoms with Crippen molar-refractivity contribution in [1.82, 2.24) is 0 Å². The van der Waals surface area contributed by atoms with E-state index in [0.29, 0.717) is 0 Å². The number of hydrogen-bond acceptors (Lipinski definition) is 4. The van der Waals surface area contributed by atoms with Crippen LogP contribution in [0.15, 0.2) is 209 Å². The zero-order valence-electron chi connectivity index (χ0n) is 32.2. The zero-order valence-corrected chi connectivity index (χ0v) is 33.0. The van der Waals surface area contributed by atoms with Gasteiger partial charge in [-0.25, -0.2) is 0 Å². The molecular formula is C56H33NO2S. The van der Waals surface area contributed by atoms with Crippen LogP contribution in [0.3, 0.4) is 0 Å². The first kappa shape index (κ1) is 33.3. The Kier molecular flexibility index (Phi) is 7.18. The molecule has 3 nitrogen and oxygen atoms in total. The largest absolute Gasteiger partial charge is 0.456 e. The van der Waals surface area contributed by atoms with E-state index < -0.39 is 0 Å². The maximum absolute atomic E-state index is 6.90. The Morgan fingerprint density at radius 2 is 1.00 bits per heavy atom. The van der Waals surface area contributed by atoms with Gasteiger partial charge in [-0.3, -0.25) is 0 Å². The van der Waals surface area contributed by atoms with Crippen LogP contribution < -0.4 is 4.90 Å². The number of fused-ring (bicyclic) bond motifs is 14. The molecule has 3 aromatic heterocycles. The molecule has 0 saturated carbocycles. The lowest BCUT2D eigenvalue weighted by molar-refractivity contribution is 0.669. The van der Waals surface area contributed by atoms with Gasteiger partial charge in [0.1, 0.15) is 22.3 Å². The van der Waals surface area contributed by atoms with E-state index in [1.54, 1.807) is 0 Å². The second-order valence-corrected chi connectivity index (χ2v) is 16.7. The first-order chi connectivity index (χ1) is 29.7. The van der Waals surface area contributed by atoms with Gasteiger partial charge in [-0.1, -0.05) is 133 Å². The van der Waals surface area contributed by atoms with E-state index in [1.807, 2.05) is 11.3 Å². The van der Waals surface area contributed by atoms with Crippen molar-refractivity contribution in [1.29, 1.82) is 0 Å². The van der Waals surface area contributed by atoms with Gasteiger partial charge < -0.3 is 13.7 Å². The summed E-state index contributed by atoms with van der Waals surface area (Å²) >= 11 is 1.85. The second-order valence-electron chi connectivity index (χ2n) is 15.6. The molecule has 3 heterocycles. The fourth-order valence-corrected chi connectivity index (χ4v) is 10.6. The number of thiophene rings is 1. The van der Waals surface area contributed by atoms with Crippen molar-refractivity contribution in [3.8, 4) is 22.3 Å². The predicted octanol–water partition coefficient (Wildman–Crippen LogP) is 17.0. The quantitative estimate of drug-likeness (QED) is 0.174. The van der Waals surface area contributed by atoms with Crippen LogP contribution in [0.2, 0.25) is 0 Å². The first-order valence-corrected chi connectivity index (χ1v) is 21.1. The molecule has 0 aliphatic heterocycles. The van der Waals surface area contributed by atoms with Gasteiger partial charge in [-0.05, 0) is 99.6 Å². The van der Waals surface area contributed by atoms with E-state index in [2.05, 4.69) is 205 Å². The molecule has 0 atom stereocenters. The fourth-order valence-electron chi connectivity index (χ4n) is 9.51. The summed E-state index contributed by atoms with van der Waals surface area (Å²) in [5.74, 6) is 0. The van der Waals surface area contributed by atoms with E-state index in [9.17, 15) is 0 Å². The molecule has 0 radical (unpaired) electrons.